The summed E-state index contributed by atoms with van der Waals surface area (Å²) >= 11 is 0. The third-order valence-electron chi connectivity index (χ3n) is 4.35. The Morgan fingerprint density at radius 2 is 1.94 bits per heavy atom. The molecule has 1 aliphatic heterocycles. The van der Waals surface area contributed by atoms with Crippen molar-refractivity contribution in [1.82, 2.24) is 0 Å². The predicted molar refractivity (Wildman–Crippen MR) is 79.1 cm³/mol. The van der Waals surface area contributed by atoms with E-state index in [1.807, 2.05) is 0 Å². The molecular formula is C16H26N2. The highest BCUT2D eigenvalue weighted by molar-refractivity contribution is 5.55. The molecule has 1 unspecified atom stereocenters. The van der Waals surface area contributed by atoms with Crippen LogP contribution in [0.25, 0.3) is 0 Å². The fraction of sp³-hybridized carbons (Fsp3) is 0.625. The minimum Gasteiger partial charge on any atom is -0.370 e. The van der Waals surface area contributed by atoms with Crippen LogP contribution in [0, 0.1) is 5.41 Å². The van der Waals surface area contributed by atoms with E-state index < -0.39 is 0 Å². The zero-order chi connectivity index (χ0) is 13.3. The largest absolute Gasteiger partial charge is 0.370 e. The molecule has 0 spiro atoms. The minimum absolute atomic E-state index is 0.256. The molecule has 1 fully saturated rings. The molecule has 0 aromatic heterocycles. The molecule has 1 aromatic carbocycles. The third-order valence-corrected chi connectivity index (χ3v) is 4.35. The van der Waals surface area contributed by atoms with Gasteiger partial charge in [-0.15, -0.1) is 0 Å². The van der Waals surface area contributed by atoms with Crippen molar-refractivity contribution in [2.45, 2.75) is 46.1 Å². The van der Waals surface area contributed by atoms with Crippen LogP contribution in [0.15, 0.2) is 24.3 Å². The van der Waals surface area contributed by atoms with E-state index in [0.29, 0.717) is 5.92 Å². The number of benzene rings is 1. The molecule has 1 heterocycles. The summed E-state index contributed by atoms with van der Waals surface area (Å²) in [7, 11) is 0. The fourth-order valence-corrected chi connectivity index (χ4v) is 2.67. The first-order chi connectivity index (χ1) is 8.42. The van der Waals surface area contributed by atoms with Gasteiger partial charge in [0.05, 0.1) is 0 Å². The number of nitrogens with zero attached hydrogens (tertiary/aromatic N) is 1. The third kappa shape index (κ3) is 2.54. The standard InChI is InChI=1S/C16H26N2/c1-12(2)13-7-5-6-8-14(13)18-10-9-16(3,4)15(17)11-18/h5-8,12,15H,9-11,17H2,1-4H3. The van der Waals surface area contributed by atoms with Gasteiger partial charge < -0.3 is 10.6 Å². The summed E-state index contributed by atoms with van der Waals surface area (Å²) < 4.78 is 0. The first kappa shape index (κ1) is 13.4. The zero-order valence-corrected chi connectivity index (χ0v) is 12.1. The summed E-state index contributed by atoms with van der Waals surface area (Å²) in [5, 5.41) is 0. The molecule has 18 heavy (non-hydrogen) atoms. The number of hydrogen-bond donors (Lipinski definition) is 1. The topological polar surface area (TPSA) is 29.3 Å². The van der Waals surface area contributed by atoms with Crippen LogP contribution in [-0.4, -0.2) is 19.1 Å². The van der Waals surface area contributed by atoms with Gasteiger partial charge in [-0.25, -0.2) is 0 Å². The quantitative estimate of drug-likeness (QED) is 0.867. The number of anilines is 1. The molecule has 2 rings (SSSR count). The van der Waals surface area contributed by atoms with Crippen molar-refractivity contribution in [3.63, 3.8) is 0 Å². The van der Waals surface area contributed by atoms with Gasteiger partial charge in [0.15, 0.2) is 0 Å². The normalized spacial score (nSPS) is 23.4. The van der Waals surface area contributed by atoms with Gasteiger partial charge in [0, 0.05) is 24.8 Å². The maximum Gasteiger partial charge on any atom is 0.0401 e. The Bertz CT molecular complexity index is 409. The van der Waals surface area contributed by atoms with E-state index in [9.17, 15) is 0 Å². The van der Waals surface area contributed by atoms with Crippen molar-refractivity contribution in [2.24, 2.45) is 11.1 Å². The molecule has 100 valence electrons. The van der Waals surface area contributed by atoms with E-state index in [1.54, 1.807) is 0 Å². The Labute approximate surface area is 111 Å². The van der Waals surface area contributed by atoms with Crippen LogP contribution in [-0.2, 0) is 0 Å². The molecule has 2 heteroatoms. The number of piperidine rings is 1. The van der Waals surface area contributed by atoms with Gasteiger partial charge >= 0.3 is 0 Å². The summed E-state index contributed by atoms with van der Waals surface area (Å²) in [6.07, 6.45) is 1.17. The molecular weight excluding hydrogens is 220 g/mol. The second-order valence-electron chi connectivity index (χ2n) is 6.50. The van der Waals surface area contributed by atoms with Gasteiger partial charge in [0.25, 0.3) is 0 Å². The Balaban J connectivity index is 2.23. The van der Waals surface area contributed by atoms with E-state index in [-0.39, 0.29) is 11.5 Å². The van der Waals surface area contributed by atoms with E-state index >= 15 is 0 Å². The second-order valence-corrected chi connectivity index (χ2v) is 6.50. The number of nitrogens with two attached hydrogens (primary N) is 1. The van der Waals surface area contributed by atoms with E-state index in [4.69, 9.17) is 5.73 Å². The predicted octanol–water partition coefficient (Wildman–Crippen LogP) is 3.37. The first-order valence-electron chi connectivity index (χ1n) is 7.01. The lowest BCUT2D eigenvalue weighted by Gasteiger charge is -2.43. The monoisotopic (exact) mass is 246 g/mol. The summed E-state index contributed by atoms with van der Waals surface area (Å²) in [6.45, 7) is 11.2. The van der Waals surface area contributed by atoms with Gasteiger partial charge in [-0.05, 0) is 29.4 Å². The molecule has 1 atom stereocenters. The van der Waals surface area contributed by atoms with Crippen molar-refractivity contribution >= 4 is 5.69 Å². The lowest BCUT2D eigenvalue weighted by Crippen LogP contribution is -2.53. The Hall–Kier alpha value is -1.02. The number of rotatable bonds is 2. The molecule has 0 saturated carbocycles. The lowest BCUT2D eigenvalue weighted by molar-refractivity contribution is 0.235. The molecule has 0 bridgehead atoms. The highest BCUT2D eigenvalue weighted by Gasteiger charge is 2.33. The first-order valence-corrected chi connectivity index (χ1v) is 7.01. The highest BCUT2D eigenvalue weighted by atomic mass is 15.2. The van der Waals surface area contributed by atoms with Crippen molar-refractivity contribution in [2.75, 3.05) is 18.0 Å². The van der Waals surface area contributed by atoms with Gasteiger partial charge in [-0.1, -0.05) is 45.9 Å². The Morgan fingerprint density at radius 3 is 2.56 bits per heavy atom. The lowest BCUT2D eigenvalue weighted by atomic mass is 9.78. The maximum atomic E-state index is 6.32. The van der Waals surface area contributed by atoms with Crippen LogP contribution in [0.5, 0.6) is 0 Å². The Kier molecular flexibility index (Phi) is 3.67. The molecule has 1 saturated heterocycles. The molecule has 0 radical (unpaired) electrons. The number of hydrogen-bond acceptors (Lipinski definition) is 2. The van der Waals surface area contributed by atoms with Gasteiger partial charge in [0.1, 0.15) is 0 Å². The van der Waals surface area contributed by atoms with E-state index in [2.05, 4.69) is 56.9 Å². The van der Waals surface area contributed by atoms with Gasteiger partial charge in [-0.3, -0.25) is 0 Å². The summed E-state index contributed by atoms with van der Waals surface area (Å²) in [6, 6.07) is 9.00. The van der Waals surface area contributed by atoms with Crippen LogP contribution in [0.3, 0.4) is 0 Å². The SMILES string of the molecule is CC(C)c1ccccc1N1CCC(C)(C)C(N)C1. The van der Waals surface area contributed by atoms with E-state index in [0.717, 1.165) is 13.1 Å². The smallest absolute Gasteiger partial charge is 0.0401 e. The zero-order valence-electron chi connectivity index (χ0n) is 12.1. The molecule has 1 aliphatic rings. The molecule has 0 aliphatic carbocycles. The van der Waals surface area contributed by atoms with Crippen molar-refractivity contribution < 1.29 is 0 Å². The minimum atomic E-state index is 0.256. The van der Waals surface area contributed by atoms with Crippen LogP contribution in [0.4, 0.5) is 5.69 Å². The fourth-order valence-electron chi connectivity index (χ4n) is 2.67. The number of para-hydroxylation sites is 1. The molecule has 2 N–H and O–H groups in total. The summed E-state index contributed by atoms with van der Waals surface area (Å²) in [4.78, 5) is 2.46. The average molecular weight is 246 g/mol. The van der Waals surface area contributed by atoms with Crippen molar-refractivity contribution in [1.29, 1.82) is 0 Å². The van der Waals surface area contributed by atoms with Crippen LogP contribution >= 0.6 is 0 Å². The molecule has 0 amide bonds. The molecule has 1 aromatic rings. The molecule has 2 nitrogen and oxygen atoms in total. The highest BCUT2D eigenvalue weighted by Crippen LogP contribution is 2.34. The van der Waals surface area contributed by atoms with Crippen LogP contribution in [0.2, 0.25) is 0 Å². The van der Waals surface area contributed by atoms with E-state index in [1.165, 1.54) is 17.7 Å². The van der Waals surface area contributed by atoms with Gasteiger partial charge in [-0.2, -0.15) is 0 Å². The van der Waals surface area contributed by atoms with Crippen LogP contribution < -0.4 is 10.6 Å². The van der Waals surface area contributed by atoms with Gasteiger partial charge in [0.2, 0.25) is 0 Å². The van der Waals surface area contributed by atoms with Crippen LogP contribution in [0.1, 0.15) is 45.6 Å². The Morgan fingerprint density at radius 1 is 1.28 bits per heavy atom. The van der Waals surface area contributed by atoms with Crippen molar-refractivity contribution in [3.05, 3.63) is 29.8 Å². The van der Waals surface area contributed by atoms with Crippen molar-refractivity contribution in [3.8, 4) is 0 Å². The summed E-state index contributed by atoms with van der Waals surface area (Å²) in [5.74, 6) is 0.562. The summed E-state index contributed by atoms with van der Waals surface area (Å²) in [5.41, 5.74) is 9.40. The average Bonchev–Trinajstić information content (AvgIpc) is 2.33. The maximum absolute atomic E-state index is 6.32. The second kappa shape index (κ2) is 4.93.